The minimum absolute atomic E-state index is 0.435. The molecule has 1 aliphatic rings. The molecule has 0 amide bonds. The zero-order chi connectivity index (χ0) is 14.8. The molecule has 1 aliphatic heterocycles. The number of hydrogen-bond donors (Lipinski definition) is 1. The van der Waals surface area contributed by atoms with Gasteiger partial charge < -0.3 is 4.90 Å². The summed E-state index contributed by atoms with van der Waals surface area (Å²) >= 11 is 0. The molecule has 0 unspecified atom stereocenters. The van der Waals surface area contributed by atoms with Crippen molar-refractivity contribution in [2.24, 2.45) is 11.3 Å². The van der Waals surface area contributed by atoms with E-state index in [0.29, 0.717) is 11.3 Å². The van der Waals surface area contributed by atoms with Gasteiger partial charge in [0.15, 0.2) is 0 Å². The minimum Gasteiger partial charge on any atom is -0.306 e. The van der Waals surface area contributed by atoms with Crippen LogP contribution in [0.4, 0.5) is 0 Å². The number of aromatic nitrogens is 2. The molecular formula is C16H30N4. The van der Waals surface area contributed by atoms with Gasteiger partial charge in [-0.25, -0.2) is 0 Å². The summed E-state index contributed by atoms with van der Waals surface area (Å²) in [4.78, 5) is 4.86. The van der Waals surface area contributed by atoms with Crippen LogP contribution in [0.15, 0.2) is 6.07 Å². The Labute approximate surface area is 123 Å². The van der Waals surface area contributed by atoms with Crippen LogP contribution in [0.25, 0.3) is 0 Å². The van der Waals surface area contributed by atoms with Gasteiger partial charge in [-0.3, -0.25) is 10.00 Å². The van der Waals surface area contributed by atoms with Crippen molar-refractivity contribution in [3.05, 3.63) is 17.5 Å². The fourth-order valence-corrected chi connectivity index (χ4v) is 3.41. The largest absolute Gasteiger partial charge is 0.306 e. The predicted molar refractivity (Wildman–Crippen MR) is 83.7 cm³/mol. The standard InChI is InChI=1S/C16H30N4/c1-13(2)8-14-9-15(18-17-14)10-20(5)12-16(3)6-7-19(4)11-16/h9,13H,6-8,10-12H2,1-5H3,(H,17,18)/t16-/m0/s1. The number of nitrogens with one attached hydrogen (secondary N) is 1. The van der Waals surface area contributed by atoms with Gasteiger partial charge in [0.2, 0.25) is 0 Å². The predicted octanol–water partition coefficient (Wildman–Crippen LogP) is 2.38. The molecule has 4 heteroatoms. The lowest BCUT2D eigenvalue weighted by atomic mass is 9.89. The van der Waals surface area contributed by atoms with Gasteiger partial charge in [-0.2, -0.15) is 5.10 Å². The van der Waals surface area contributed by atoms with Crippen molar-refractivity contribution in [3.63, 3.8) is 0 Å². The fraction of sp³-hybridized carbons (Fsp3) is 0.812. The first kappa shape index (κ1) is 15.5. The average molecular weight is 278 g/mol. The highest BCUT2D eigenvalue weighted by Crippen LogP contribution is 2.29. The van der Waals surface area contributed by atoms with Gasteiger partial charge in [-0.15, -0.1) is 0 Å². The molecule has 20 heavy (non-hydrogen) atoms. The Hall–Kier alpha value is -0.870. The quantitative estimate of drug-likeness (QED) is 0.868. The number of aromatic amines is 1. The van der Waals surface area contributed by atoms with Gasteiger partial charge in [-0.05, 0) is 50.9 Å². The Balaban J connectivity index is 1.85. The van der Waals surface area contributed by atoms with E-state index in [-0.39, 0.29) is 0 Å². The summed E-state index contributed by atoms with van der Waals surface area (Å²) in [6.45, 7) is 11.4. The van der Waals surface area contributed by atoms with Gasteiger partial charge in [0.05, 0.1) is 5.69 Å². The lowest BCUT2D eigenvalue weighted by Crippen LogP contribution is -2.35. The molecule has 0 aliphatic carbocycles. The van der Waals surface area contributed by atoms with Crippen LogP contribution in [-0.4, -0.2) is 53.7 Å². The summed E-state index contributed by atoms with van der Waals surface area (Å²) < 4.78 is 0. The Morgan fingerprint density at radius 2 is 2.25 bits per heavy atom. The second-order valence-electron chi connectivity index (χ2n) is 7.45. The van der Waals surface area contributed by atoms with Crippen LogP contribution in [-0.2, 0) is 13.0 Å². The van der Waals surface area contributed by atoms with Crippen molar-refractivity contribution >= 4 is 0 Å². The molecule has 0 saturated carbocycles. The molecule has 1 saturated heterocycles. The third kappa shape index (κ3) is 4.32. The summed E-state index contributed by atoms with van der Waals surface area (Å²) in [5.74, 6) is 0.664. The maximum atomic E-state index is 4.41. The Kier molecular flexibility index (Phi) is 4.86. The normalized spacial score (nSPS) is 24.1. The van der Waals surface area contributed by atoms with Crippen LogP contribution >= 0.6 is 0 Å². The highest BCUT2D eigenvalue weighted by Gasteiger charge is 2.32. The van der Waals surface area contributed by atoms with E-state index in [9.17, 15) is 0 Å². The van der Waals surface area contributed by atoms with Crippen molar-refractivity contribution in [1.29, 1.82) is 0 Å². The SMILES string of the molecule is CC(C)Cc1cc(CN(C)C[C@@]2(C)CCN(C)C2)[nH]n1. The van der Waals surface area contributed by atoms with E-state index in [0.717, 1.165) is 19.5 Å². The van der Waals surface area contributed by atoms with E-state index in [4.69, 9.17) is 0 Å². The molecule has 2 heterocycles. The summed E-state index contributed by atoms with van der Waals surface area (Å²) in [6.07, 6.45) is 2.36. The van der Waals surface area contributed by atoms with Crippen LogP contribution in [0.1, 0.15) is 38.6 Å². The summed E-state index contributed by atoms with van der Waals surface area (Å²) in [5, 5.41) is 7.60. The smallest absolute Gasteiger partial charge is 0.0628 e. The Morgan fingerprint density at radius 3 is 2.85 bits per heavy atom. The van der Waals surface area contributed by atoms with Gasteiger partial charge in [0.25, 0.3) is 0 Å². The van der Waals surface area contributed by atoms with Gasteiger partial charge >= 0.3 is 0 Å². The number of likely N-dealkylation sites (tertiary alicyclic amines) is 1. The number of nitrogens with zero attached hydrogens (tertiary/aromatic N) is 3. The first-order valence-electron chi connectivity index (χ1n) is 7.76. The molecule has 1 fully saturated rings. The molecule has 1 aromatic heterocycles. The van der Waals surface area contributed by atoms with Crippen LogP contribution < -0.4 is 0 Å². The van der Waals surface area contributed by atoms with Crippen molar-refractivity contribution in [2.45, 2.75) is 40.2 Å². The highest BCUT2D eigenvalue weighted by atomic mass is 15.2. The van der Waals surface area contributed by atoms with E-state index in [1.165, 1.54) is 30.9 Å². The van der Waals surface area contributed by atoms with Crippen LogP contribution in [0.2, 0.25) is 0 Å². The highest BCUT2D eigenvalue weighted by molar-refractivity contribution is 5.09. The molecule has 0 spiro atoms. The lowest BCUT2D eigenvalue weighted by molar-refractivity contribution is 0.189. The summed E-state index contributed by atoms with van der Waals surface area (Å²) in [7, 11) is 4.44. The molecule has 0 radical (unpaired) electrons. The molecule has 2 rings (SSSR count). The maximum absolute atomic E-state index is 4.41. The van der Waals surface area contributed by atoms with Crippen molar-refractivity contribution in [1.82, 2.24) is 20.0 Å². The topological polar surface area (TPSA) is 35.2 Å². The maximum Gasteiger partial charge on any atom is 0.0628 e. The zero-order valence-corrected chi connectivity index (χ0v) is 13.7. The molecule has 1 aromatic rings. The molecule has 0 aromatic carbocycles. The van der Waals surface area contributed by atoms with Crippen molar-refractivity contribution in [2.75, 3.05) is 33.7 Å². The second kappa shape index (κ2) is 6.27. The van der Waals surface area contributed by atoms with Crippen molar-refractivity contribution in [3.8, 4) is 0 Å². The molecule has 1 atom stereocenters. The van der Waals surface area contributed by atoms with E-state index in [1.54, 1.807) is 0 Å². The molecule has 4 nitrogen and oxygen atoms in total. The summed E-state index contributed by atoms with van der Waals surface area (Å²) in [5.41, 5.74) is 2.86. The monoisotopic (exact) mass is 278 g/mol. The fourth-order valence-electron chi connectivity index (χ4n) is 3.41. The van der Waals surface area contributed by atoms with Crippen molar-refractivity contribution < 1.29 is 0 Å². The number of H-pyrrole nitrogens is 1. The molecular weight excluding hydrogens is 248 g/mol. The van der Waals surface area contributed by atoms with E-state index in [1.807, 2.05) is 0 Å². The third-order valence-corrected chi connectivity index (χ3v) is 4.14. The molecule has 0 bridgehead atoms. The van der Waals surface area contributed by atoms with Crippen LogP contribution in [0, 0.1) is 11.3 Å². The Morgan fingerprint density at radius 1 is 1.50 bits per heavy atom. The number of hydrogen-bond acceptors (Lipinski definition) is 3. The Bertz CT molecular complexity index is 426. The van der Waals surface area contributed by atoms with Gasteiger partial charge in [0, 0.05) is 25.3 Å². The minimum atomic E-state index is 0.435. The first-order chi connectivity index (χ1) is 9.36. The van der Waals surface area contributed by atoms with Crippen LogP contribution in [0.3, 0.4) is 0 Å². The van der Waals surface area contributed by atoms with Gasteiger partial charge in [0.1, 0.15) is 0 Å². The average Bonchev–Trinajstić information content (AvgIpc) is 2.85. The summed E-state index contributed by atoms with van der Waals surface area (Å²) in [6, 6.07) is 2.22. The second-order valence-corrected chi connectivity index (χ2v) is 7.45. The number of rotatable bonds is 6. The van der Waals surface area contributed by atoms with E-state index < -0.39 is 0 Å². The first-order valence-corrected chi connectivity index (χ1v) is 7.76. The zero-order valence-electron chi connectivity index (χ0n) is 13.7. The van der Waals surface area contributed by atoms with Crippen LogP contribution in [0.5, 0.6) is 0 Å². The molecule has 1 N–H and O–H groups in total. The van der Waals surface area contributed by atoms with Gasteiger partial charge in [-0.1, -0.05) is 20.8 Å². The molecule has 114 valence electrons. The van der Waals surface area contributed by atoms with E-state index >= 15 is 0 Å². The van der Waals surface area contributed by atoms with E-state index in [2.05, 4.69) is 60.9 Å². The lowest BCUT2D eigenvalue weighted by Gasteiger charge is -2.29. The third-order valence-electron chi connectivity index (χ3n) is 4.14.